The van der Waals surface area contributed by atoms with Crippen molar-refractivity contribution in [2.45, 2.75) is 25.7 Å². The van der Waals surface area contributed by atoms with Crippen molar-refractivity contribution >= 4 is 10.9 Å². The van der Waals surface area contributed by atoms with E-state index in [2.05, 4.69) is 33.5 Å². The highest BCUT2D eigenvalue weighted by Crippen LogP contribution is 2.28. The molecule has 0 aliphatic carbocycles. The Morgan fingerprint density at radius 1 is 1.04 bits per heavy atom. The van der Waals surface area contributed by atoms with E-state index < -0.39 is 0 Å². The van der Waals surface area contributed by atoms with Crippen LogP contribution in [0.5, 0.6) is 5.75 Å². The van der Waals surface area contributed by atoms with Gasteiger partial charge in [0.25, 0.3) is 0 Å². The highest BCUT2D eigenvalue weighted by molar-refractivity contribution is 5.88. The van der Waals surface area contributed by atoms with Gasteiger partial charge < -0.3 is 15.0 Å². The summed E-state index contributed by atoms with van der Waals surface area (Å²) in [6.45, 7) is 2.86. The van der Waals surface area contributed by atoms with Gasteiger partial charge in [-0.05, 0) is 55.1 Å². The molecule has 2 aromatic heterocycles. The molecule has 4 nitrogen and oxygen atoms in total. The molecule has 1 aliphatic heterocycles. The summed E-state index contributed by atoms with van der Waals surface area (Å²) in [6, 6.07) is 10.4. The van der Waals surface area contributed by atoms with Crippen molar-refractivity contribution in [2.75, 3.05) is 19.7 Å². The molecular weight excluding hydrogens is 298 g/mol. The van der Waals surface area contributed by atoms with Crippen molar-refractivity contribution in [1.29, 1.82) is 0 Å². The lowest BCUT2D eigenvalue weighted by molar-refractivity contribution is 0.311. The highest BCUT2D eigenvalue weighted by Gasteiger charge is 2.16. The Morgan fingerprint density at radius 2 is 1.92 bits per heavy atom. The van der Waals surface area contributed by atoms with Crippen LogP contribution in [0.2, 0.25) is 0 Å². The van der Waals surface area contributed by atoms with Crippen molar-refractivity contribution in [3.05, 3.63) is 59.5 Å². The summed E-state index contributed by atoms with van der Waals surface area (Å²) in [7, 11) is 0. The van der Waals surface area contributed by atoms with Gasteiger partial charge in [-0.15, -0.1) is 0 Å². The van der Waals surface area contributed by atoms with Gasteiger partial charge in [-0.25, -0.2) is 0 Å². The zero-order valence-corrected chi connectivity index (χ0v) is 13.8. The van der Waals surface area contributed by atoms with Gasteiger partial charge in [-0.1, -0.05) is 12.1 Å². The lowest BCUT2D eigenvalue weighted by Gasteiger charge is -2.08. The summed E-state index contributed by atoms with van der Waals surface area (Å²) in [5.41, 5.74) is 5.65. The maximum absolute atomic E-state index is 5.80. The fourth-order valence-corrected chi connectivity index (χ4v) is 3.59. The van der Waals surface area contributed by atoms with Crippen molar-refractivity contribution in [2.24, 2.45) is 0 Å². The Balaban J connectivity index is 1.48. The number of pyridine rings is 1. The lowest BCUT2D eigenvalue weighted by atomic mass is 9.99. The molecule has 0 atom stereocenters. The van der Waals surface area contributed by atoms with Crippen LogP contribution < -0.4 is 10.1 Å². The zero-order chi connectivity index (χ0) is 16.2. The normalized spacial score (nSPS) is 14.3. The second-order valence-electron chi connectivity index (χ2n) is 6.31. The first-order valence-electron chi connectivity index (χ1n) is 8.76. The minimum Gasteiger partial charge on any atom is -0.493 e. The first-order chi connectivity index (χ1) is 11.9. The predicted molar refractivity (Wildman–Crippen MR) is 96.6 cm³/mol. The minimum atomic E-state index is 0.731. The van der Waals surface area contributed by atoms with E-state index in [1.165, 1.54) is 27.7 Å². The number of H-pyrrole nitrogens is 1. The standard InChI is InChI=1S/C20H23N3O/c1-3-15(4-2-14-24-16-6-10-21-11-7-16)20-17-8-12-22-13-9-18(17)23-19(20)5-1/h1,3,5-7,10-11,22-23H,2,4,8-9,12-14H2. The number of nitrogens with one attached hydrogen (secondary N) is 2. The smallest absolute Gasteiger partial charge is 0.122 e. The molecule has 0 saturated heterocycles. The molecule has 0 spiro atoms. The largest absolute Gasteiger partial charge is 0.493 e. The fourth-order valence-electron chi connectivity index (χ4n) is 3.59. The van der Waals surface area contributed by atoms with E-state index in [1.807, 2.05) is 12.1 Å². The van der Waals surface area contributed by atoms with Crippen LogP contribution in [0.15, 0.2) is 42.7 Å². The topological polar surface area (TPSA) is 49.9 Å². The molecule has 3 heterocycles. The third-order valence-electron chi connectivity index (χ3n) is 4.71. The summed E-state index contributed by atoms with van der Waals surface area (Å²) in [5.74, 6) is 0.893. The Morgan fingerprint density at radius 3 is 2.83 bits per heavy atom. The van der Waals surface area contributed by atoms with Crippen LogP contribution >= 0.6 is 0 Å². The molecule has 1 aliphatic rings. The van der Waals surface area contributed by atoms with Gasteiger partial charge in [0.05, 0.1) is 6.61 Å². The second kappa shape index (κ2) is 7.05. The molecule has 2 N–H and O–H groups in total. The van der Waals surface area contributed by atoms with Crippen LogP contribution in [0.25, 0.3) is 10.9 Å². The second-order valence-corrected chi connectivity index (χ2v) is 6.31. The molecule has 24 heavy (non-hydrogen) atoms. The van der Waals surface area contributed by atoms with Crippen molar-refractivity contribution in [3.8, 4) is 5.75 Å². The fraction of sp³-hybridized carbons (Fsp3) is 0.350. The lowest BCUT2D eigenvalue weighted by Crippen LogP contribution is -2.16. The van der Waals surface area contributed by atoms with E-state index in [4.69, 9.17) is 4.74 Å². The van der Waals surface area contributed by atoms with Gasteiger partial charge in [0, 0.05) is 42.0 Å². The number of fused-ring (bicyclic) bond motifs is 3. The Hall–Kier alpha value is -2.33. The molecule has 4 heteroatoms. The van der Waals surface area contributed by atoms with Crippen LogP contribution in [0.4, 0.5) is 0 Å². The van der Waals surface area contributed by atoms with Gasteiger partial charge in [0.2, 0.25) is 0 Å². The number of benzene rings is 1. The summed E-state index contributed by atoms with van der Waals surface area (Å²) >= 11 is 0. The minimum absolute atomic E-state index is 0.731. The summed E-state index contributed by atoms with van der Waals surface area (Å²) in [5, 5.41) is 4.93. The molecule has 0 amide bonds. The van der Waals surface area contributed by atoms with Crippen LogP contribution in [-0.4, -0.2) is 29.7 Å². The number of hydrogen-bond donors (Lipinski definition) is 2. The van der Waals surface area contributed by atoms with E-state index in [0.29, 0.717) is 0 Å². The summed E-state index contributed by atoms with van der Waals surface area (Å²) < 4.78 is 5.80. The third kappa shape index (κ3) is 3.15. The average molecular weight is 321 g/mol. The molecule has 0 saturated carbocycles. The number of hydrogen-bond acceptors (Lipinski definition) is 3. The van der Waals surface area contributed by atoms with E-state index in [0.717, 1.165) is 51.1 Å². The third-order valence-corrected chi connectivity index (χ3v) is 4.71. The predicted octanol–water partition coefficient (Wildman–Crippen LogP) is 3.26. The van der Waals surface area contributed by atoms with Gasteiger partial charge in [0.15, 0.2) is 0 Å². The Labute approximate surface area is 142 Å². The first-order valence-corrected chi connectivity index (χ1v) is 8.76. The maximum atomic E-state index is 5.80. The number of aromatic nitrogens is 2. The first kappa shape index (κ1) is 15.2. The molecule has 0 bridgehead atoms. The molecule has 3 aromatic rings. The summed E-state index contributed by atoms with van der Waals surface area (Å²) in [6.07, 6.45) is 7.78. The maximum Gasteiger partial charge on any atom is 0.122 e. The molecule has 1 aromatic carbocycles. The monoisotopic (exact) mass is 321 g/mol. The van der Waals surface area contributed by atoms with Gasteiger partial charge in [-0.3, -0.25) is 4.98 Å². The number of rotatable bonds is 5. The number of aromatic amines is 1. The van der Waals surface area contributed by atoms with Gasteiger partial charge in [-0.2, -0.15) is 0 Å². The zero-order valence-electron chi connectivity index (χ0n) is 13.8. The molecule has 0 fully saturated rings. The van der Waals surface area contributed by atoms with Crippen molar-refractivity contribution < 1.29 is 4.74 Å². The van der Waals surface area contributed by atoms with Crippen LogP contribution in [0.3, 0.4) is 0 Å². The Bertz CT molecular complexity index is 810. The van der Waals surface area contributed by atoms with Crippen LogP contribution in [-0.2, 0) is 19.3 Å². The van der Waals surface area contributed by atoms with Crippen molar-refractivity contribution in [3.63, 3.8) is 0 Å². The summed E-state index contributed by atoms with van der Waals surface area (Å²) in [4.78, 5) is 7.64. The Kier molecular flexibility index (Phi) is 4.47. The van der Waals surface area contributed by atoms with Crippen molar-refractivity contribution in [1.82, 2.24) is 15.3 Å². The molecule has 124 valence electrons. The quantitative estimate of drug-likeness (QED) is 0.709. The average Bonchev–Trinajstić information content (AvgIpc) is 2.82. The van der Waals surface area contributed by atoms with Gasteiger partial charge in [0.1, 0.15) is 5.75 Å². The number of ether oxygens (including phenoxy) is 1. The molecule has 0 unspecified atom stereocenters. The van der Waals surface area contributed by atoms with E-state index in [9.17, 15) is 0 Å². The highest BCUT2D eigenvalue weighted by atomic mass is 16.5. The number of nitrogens with zero attached hydrogens (tertiary/aromatic N) is 1. The van der Waals surface area contributed by atoms with E-state index in [1.54, 1.807) is 12.4 Å². The SMILES string of the molecule is c1cc(CCCOc2ccncc2)c2c3c([nH]c2c1)CCNCC3. The molecule has 4 rings (SSSR count). The molecule has 0 radical (unpaired) electrons. The van der Waals surface area contributed by atoms with Crippen LogP contribution in [0.1, 0.15) is 23.2 Å². The van der Waals surface area contributed by atoms with Gasteiger partial charge >= 0.3 is 0 Å². The van der Waals surface area contributed by atoms with E-state index in [-0.39, 0.29) is 0 Å². The molecular formula is C20H23N3O. The van der Waals surface area contributed by atoms with Crippen LogP contribution in [0, 0.1) is 0 Å². The van der Waals surface area contributed by atoms with E-state index >= 15 is 0 Å². The number of aryl methyl sites for hydroxylation is 1.